The number of hydrogen-bond donors (Lipinski definition) is 0. The zero-order chi connectivity index (χ0) is 22.4. The van der Waals surface area contributed by atoms with Crippen LogP contribution in [0.3, 0.4) is 0 Å². The van der Waals surface area contributed by atoms with Crippen molar-refractivity contribution in [2.24, 2.45) is 0 Å². The third-order valence-corrected chi connectivity index (χ3v) is 5.03. The number of rotatable bonds is 9. The van der Waals surface area contributed by atoms with E-state index in [-0.39, 0.29) is 17.1 Å². The van der Waals surface area contributed by atoms with Crippen LogP contribution >= 0.6 is 15.9 Å². The third-order valence-electron chi connectivity index (χ3n) is 4.50. The van der Waals surface area contributed by atoms with Crippen LogP contribution in [0.5, 0.6) is 11.5 Å². The number of methoxy groups -OCH3 is 1. The lowest BCUT2D eigenvalue weighted by Crippen LogP contribution is -2.01. The molecule has 160 valence electrons. The van der Waals surface area contributed by atoms with E-state index in [0.29, 0.717) is 24.5 Å². The van der Waals surface area contributed by atoms with Gasteiger partial charge in [-0.1, -0.05) is 45.4 Å². The van der Waals surface area contributed by atoms with Crippen LogP contribution in [-0.2, 0) is 13.0 Å². The normalized spacial score (nSPS) is 10.9. The summed E-state index contributed by atoms with van der Waals surface area (Å²) in [7, 11) is 1.57. The van der Waals surface area contributed by atoms with Crippen LogP contribution in [0.15, 0.2) is 58.0 Å². The first-order valence-electron chi connectivity index (χ1n) is 9.40. The summed E-state index contributed by atoms with van der Waals surface area (Å²) in [6.07, 6.45) is 5.57. The van der Waals surface area contributed by atoms with Gasteiger partial charge in [0.1, 0.15) is 6.61 Å². The monoisotopic (exact) mass is 484 g/mol. The summed E-state index contributed by atoms with van der Waals surface area (Å²) in [5.41, 5.74) is 2.75. The molecule has 0 saturated heterocycles. The molecule has 0 aliphatic heterocycles. The number of halogens is 1. The number of ether oxygens (including phenoxy) is 2. The Labute approximate surface area is 188 Å². The Hall–Kier alpha value is -3.39. The second kappa shape index (κ2) is 10.1. The van der Waals surface area contributed by atoms with Crippen molar-refractivity contribution in [3.05, 3.63) is 91.8 Å². The fourth-order valence-electron chi connectivity index (χ4n) is 3.02. The van der Waals surface area contributed by atoms with Gasteiger partial charge >= 0.3 is 5.69 Å². The molecule has 2 aromatic carbocycles. The fraction of sp³-hybridized carbons (Fsp3) is 0.174. The molecule has 8 heteroatoms. The topological polar surface area (TPSA) is 87.6 Å². The Morgan fingerprint density at radius 2 is 2.00 bits per heavy atom. The number of nitro groups is 1. The van der Waals surface area contributed by atoms with E-state index in [9.17, 15) is 10.1 Å². The van der Waals surface area contributed by atoms with Crippen LogP contribution in [0.2, 0.25) is 0 Å². The van der Waals surface area contributed by atoms with Crippen molar-refractivity contribution in [3.8, 4) is 11.5 Å². The molecule has 0 amide bonds. The average Bonchev–Trinajstić information content (AvgIpc) is 3.13. The minimum Gasteiger partial charge on any atom is -0.493 e. The van der Waals surface area contributed by atoms with Crippen molar-refractivity contribution in [2.45, 2.75) is 20.0 Å². The van der Waals surface area contributed by atoms with Gasteiger partial charge in [-0.15, -0.1) is 6.58 Å². The summed E-state index contributed by atoms with van der Waals surface area (Å²) >= 11 is 3.42. The number of allylic oxidation sites excluding steroid dienone is 1. The summed E-state index contributed by atoms with van der Waals surface area (Å²) < 4.78 is 17.7. The van der Waals surface area contributed by atoms with Gasteiger partial charge in [0, 0.05) is 10.0 Å². The van der Waals surface area contributed by atoms with Gasteiger partial charge in [-0.3, -0.25) is 10.1 Å². The molecule has 0 N–H and O–H groups in total. The minimum absolute atomic E-state index is 0.0855. The van der Waals surface area contributed by atoms with Crippen LogP contribution in [0.4, 0.5) is 5.69 Å². The lowest BCUT2D eigenvalue weighted by atomic mass is 10.0. The molecule has 0 radical (unpaired) electrons. The van der Waals surface area contributed by atoms with Crippen molar-refractivity contribution in [3.63, 3.8) is 0 Å². The number of hydrogen-bond acceptors (Lipinski definition) is 6. The van der Waals surface area contributed by atoms with Crippen molar-refractivity contribution in [1.29, 1.82) is 0 Å². The molecule has 0 aliphatic carbocycles. The van der Waals surface area contributed by atoms with Gasteiger partial charge < -0.3 is 14.0 Å². The quantitative estimate of drug-likeness (QED) is 0.206. The summed E-state index contributed by atoms with van der Waals surface area (Å²) in [4.78, 5) is 10.7. The van der Waals surface area contributed by atoms with E-state index in [0.717, 1.165) is 21.2 Å². The van der Waals surface area contributed by atoms with Crippen LogP contribution in [-0.4, -0.2) is 17.2 Å². The summed E-state index contributed by atoms with van der Waals surface area (Å²) in [6.45, 7) is 5.73. The van der Waals surface area contributed by atoms with E-state index in [2.05, 4.69) is 27.7 Å². The van der Waals surface area contributed by atoms with Crippen molar-refractivity contribution in [1.82, 2.24) is 5.16 Å². The molecule has 31 heavy (non-hydrogen) atoms. The largest absolute Gasteiger partial charge is 0.493 e. The first-order chi connectivity index (χ1) is 14.9. The maximum absolute atomic E-state index is 11.2. The Morgan fingerprint density at radius 3 is 2.65 bits per heavy atom. The summed E-state index contributed by atoms with van der Waals surface area (Å²) in [5, 5.41) is 14.9. The van der Waals surface area contributed by atoms with E-state index in [1.165, 1.54) is 13.0 Å². The highest BCUT2D eigenvalue weighted by Gasteiger charge is 2.22. The third kappa shape index (κ3) is 5.40. The van der Waals surface area contributed by atoms with Crippen molar-refractivity contribution < 1.29 is 18.9 Å². The first kappa shape index (κ1) is 22.3. The molecule has 0 aliphatic rings. The lowest BCUT2D eigenvalue weighted by Gasteiger charge is -2.16. The van der Waals surface area contributed by atoms with E-state index in [1.54, 1.807) is 25.3 Å². The standard InChI is InChI=1S/C23H21BrN2O5/c1-4-5-18-12-17(8-11-20-22(26(27)28)15(2)25-31-20)13-21(29-3)23(18)30-14-16-6-9-19(24)10-7-16/h4,6-13H,1,5,14H2,2-3H3/b11-8+. The van der Waals surface area contributed by atoms with Crippen molar-refractivity contribution in [2.75, 3.05) is 7.11 Å². The molecule has 0 saturated carbocycles. The second-order valence-corrected chi connectivity index (χ2v) is 7.61. The molecule has 3 rings (SSSR count). The molecular formula is C23H21BrN2O5. The van der Waals surface area contributed by atoms with Crippen LogP contribution in [0.25, 0.3) is 12.2 Å². The number of benzene rings is 2. The maximum Gasteiger partial charge on any atom is 0.338 e. The highest BCUT2D eigenvalue weighted by molar-refractivity contribution is 9.10. The van der Waals surface area contributed by atoms with Crippen LogP contribution in [0.1, 0.15) is 28.1 Å². The molecule has 0 spiro atoms. The zero-order valence-corrected chi connectivity index (χ0v) is 18.7. The second-order valence-electron chi connectivity index (χ2n) is 6.69. The molecule has 7 nitrogen and oxygen atoms in total. The van der Waals surface area contributed by atoms with Gasteiger partial charge in [-0.2, -0.15) is 0 Å². The number of aromatic nitrogens is 1. The molecule has 0 fully saturated rings. The Morgan fingerprint density at radius 1 is 1.26 bits per heavy atom. The van der Waals surface area contributed by atoms with Crippen molar-refractivity contribution >= 4 is 33.8 Å². The molecule has 1 heterocycles. The van der Waals surface area contributed by atoms with E-state index >= 15 is 0 Å². The molecule has 1 aromatic heterocycles. The highest BCUT2D eigenvalue weighted by Crippen LogP contribution is 2.35. The van der Waals surface area contributed by atoms with Gasteiger partial charge in [-0.05, 0) is 54.8 Å². The van der Waals surface area contributed by atoms with Gasteiger partial charge in [0.2, 0.25) is 5.76 Å². The SMILES string of the molecule is C=CCc1cc(/C=C/c2onc(C)c2[N+](=O)[O-])cc(OC)c1OCc1ccc(Br)cc1. The van der Waals surface area contributed by atoms with E-state index < -0.39 is 4.92 Å². The van der Waals surface area contributed by atoms with E-state index in [1.807, 2.05) is 30.3 Å². The lowest BCUT2D eigenvalue weighted by molar-refractivity contribution is -0.386. The summed E-state index contributed by atoms with van der Waals surface area (Å²) in [5.74, 6) is 1.27. The molecular weight excluding hydrogens is 464 g/mol. The van der Waals surface area contributed by atoms with Gasteiger partial charge in [0.25, 0.3) is 0 Å². The molecule has 0 unspecified atom stereocenters. The fourth-order valence-corrected chi connectivity index (χ4v) is 3.29. The smallest absolute Gasteiger partial charge is 0.338 e. The number of aryl methyl sites for hydroxylation is 1. The van der Waals surface area contributed by atoms with Crippen LogP contribution < -0.4 is 9.47 Å². The molecule has 3 aromatic rings. The Kier molecular flexibility index (Phi) is 7.25. The highest BCUT2D eigenvalue weighted by atomic mass is 79.9. The summed E-state index contributed by atoms with van der Waals surface area (Å²) in [6, 6.07) is 11.6. The van der Waals surface area contributed by atoms with Gasteiger partial charge in [-0.25, -0.2) is 0 Å². The first-order valence-corrected chi connectivity index (χ1v) is 10.2. The molecule has 0 atom stereocenters. The average molecular weight is 485 g/mol. The van der Waals surface area contributed by atoms with Gasteiger partial charge in [0.05, 0.1) is 12.0 Å². The zero-order valence-electron chi connectivity index (χ0n) is 17.1. The van der Waals surface area contributed by atoms with Crippen LogP contribution in [0, 0.1) is 17.0 Å². The number of nitrogens with zero attached hydrogens (tertiary/aromatic N) is 2. The van der Waals surface area contributed by atoms with E-state index in [4.69, 9.17) is 14.0 Å². The predicted octanol–water partition coefficient (Wildman–Crippen LogP) is 6.14. The Bertz CT molecular complexity index is 1120. The molecule has 0 bridgehead atoms. The maximum atomic E-state index is 11.2. The minimum atomic E-state index is -0.506. The predicted molar refractivity (Wildman–Crippen MR) is 122 cm³/mol. The Balaban J connectivity index is 1.91. The van der Waals surface area contributed by atoms with Gasteiger partial charge in [0.15, 0.2) is 17.2 Å².